The van der Waals surface area contributed by atoms with Crippen LogP contribution in [0.3, 0.4) is 0 Å². The fraction of sp³-hybridized carbons (Fsp3) is 0.615. The van der Waals surface area contributed by atoms with Crippen LogP contribution >= 0.6 is 0 Å². The number of pyridine rings is 1. The summed E-state index contributed by atoms with van der Waals surface area (Å²) in [5.41, 5.74) is 7.29. The number of anilines is 1. The van der Waals surface area contributed by atoms with Gasteiger partial charge in [-0.2, -0.15) is 0 Å². The molecule has 0 spiro atoms. The van der Waals surface area contributed by atoms with Crippen molar-refractivity contribution in [1.82, 2.24) is 4.98 Å². The summed E-state index contributed by atoms with van der Waals surface area (Å²) < 4.78 is 0. The van der Waals surface area contributed by atoms with E-state index < -0.39 is 0 Å². The number of rotatable bonds is 2. The van der Waals surface area contributed by atoms with Crippen molar-refractivity contribution in [3.63, 3.8) is 0 Å². The van der Waals surface area contributed by atoms with Gasteiger partial charge in [0.25, 0.3) is 0 Å². The topological polar surface area (TPSA) is 42.1 Å². The second-order valence-corrected chi connectivity index (χ2v) is 5.30. The highest BCUT2D eigenvalue weighted by Gasteiger charge is 2.32. The van der Waals surface area contributed by atoms with Crippen LogP contribution in [0.4, 0.5) is 5.82 Å². The van der Waals surface area contributed by atoms with E-state index in [0.717, 1.165) is 17.9 Å². The lowest BCUT2D eigenvalue weighted by Gasteiger charge is -2.33. The lowest BCUT2D eigenvalue weighted by atomic mass is 10.0. The SMILES string of the molecule is C[C@@H](N)c1ccnc(N2CCCC2(C)C)c1. The number of hydrogen-bond acceptors (Lipinski definition) is 3. The Hall–Kier alpha value is -1.09. The molecule has 2 rings (SSSR count). The fourth-order valence-electron chi connectivity index (χ4n) is 2.40. The van der Waals surface area contributed by atoms with Crippen molar-refractivity contribution >= 4 is 5.82 Å². The van der Waals surface area contributed by atoms with Gasteiger partial charge in [0.1, 0.15) is 5.82 Å². The van der Waals surface area contributed by atoms with Gasteiger partial charge >= 0.3 is 0 Å². The molecule has 0 unspecified atom stereocenters. The van der Waals surface area contributed by atoms with Crippen LogP contribution in [-0.4, -0.2) is 17.1 Å². The van der Waals surface area contributed by atoms with Crippen molar-refractivity contribution in [2.24, 2.45) is 5.73 Å². The molecule has 1 fully saturated rings. The summed E-state index contributed by atoms with van der Waals surface area (Å²) in [7, 11) is 0. The molecule has 0 radical (unpaired) electrons. The molecule has 0 aliphatic carbocycles. The first-order chi connectivity index (χ1) is 7.50. The van der Waals surface area contributed by atoms with Gasteiger partial charge in [0.05, 0.1) is 0 Å². The fourth-order valence-corrected chi connectivity index (χ4v) is 2.40. The number of aromatic nitrogens is 1. The summed E-state index contributed by atoms with van der Waals surface area (Å²) in [4.78, 5) is 6.86. The lowest BCUT2D eigenvalue weighted by Crippen LogP contribution is -2.38. The molecule has 1 aliphatic rings. The van der Waals surface area contributed by atoms with Gasteiger partial charge in [0.2, 0.25) is 0 Å². The normalized spacial score (nSPS) is 21.1. The molecule has 2 N–H and O–H groups in total. The van der Waals surface area contributed by atoms with Gasteiger partial charge in [-0.3, -0.25) is 0 Å². The van der Waals surface area contributed by atoms with Crippen LogP contribution in [0.25, 0.3) is 0 Å². The molecule has 0 bridgehead atoms. The summed E-state index contributed by atoms with van der Waals surface area (Å²) in [6.45, 7) is 7.66. The van der Waals surface area contributed by atoms with E-state index >= 15 is 0 Å². The molecule has 0 saturated carbocycles. The zero-order valence-corrected chi connectivity index (χ0v) is 10.4. The largest absolute Gasteiger partial charge is 0.351 e. The number of nitrogens with two attached hydrogens (primary N) is 1. The highest BCUT2D eigenvalue weighted by Crippen LogP contribution is 2.32. The molecule has 0 amide bonds. The van der Waals surface area contributed by atoms with Crippen molar-refractivity contribution < 1.29 is 0 Å². The maximum absolute atomic E-state index is 5.90. The van der Waals surface area contributed by atoms with Crippen LogP contribution < -0.4 is 10.6 Å². The van der Waals surface area contributed by atoms with Crippen molar-refractivity contribution in [2.45, 2.75) is 45.2 Å². The summed E-state index contributed by atoms with van der Waals surface area (Å²) in [5, 5.41) is 0. The first kappa shape index (κ1) is 11.4. The van der Waals surface area contributed by atoms with E-state index in [2.05, 4.69) is 29.8 Å². The van der Waals surface area contributed by atoms with Gasteiger partial charge < -0.3 is 10.6 Å². The molecule has 0 aromatic carbocycles. The summed E-state index contributed by atoms with van der Waals surface area (Å²) in [6, 6.07) is 4.20. The Labute approximate surface area is 97.7 Å². The predicted octanol–water partition coefficient (Wildman–Crippen LogP) is 2.48. The quantitative estimate of drug-likeness (QED) is 0.831. The Kier molecular flexibility index (Phi) is 2.89. The van der Waals surface area contributed by atoms with Crippen molar-refractivity contribution in [1.29, 1.82) is 0 Å². The Balaban J connectivity index is 2.30. The molecule has 3 heteroatoms. The third-order valence-corrected chi connectivity index (χ3v) is 3.47. The Bertz CT molecular complexity index is 371. The van der Waals surface area contributed by atoms with Gasteiger partial charge in [-0.05, 0) is 51.3 Å². The minimum Gasteiger partial charge on any atom is -0.351 e. The smallest absolute Gasteiger partial charge is 0.129 e. The van der Waals surface area contributed by atoms with Crippen LogP contribution in [0, 0.1) is 0 Å². The number of hydrogen-bond donors (Lipinski definition) is 1. The summed E-state index contributed by atoms with van der Waals surface area (Å²) in [5.74, 6) is 1.07. The molecule has 2 heterocycles. The Morgan fingerprint density at radius 3 is 2.81 bits per heavy atom. The first-order valence-electron chi connectivity index (χ1n) is 6.00. The van der Waals surface area contributed by atoms with E-state index in [0.29, 0.717) is 0 Å². The molecule has 1 saturated heterocycles. The van der Waals surface area contributed by atoms with E-state index in [1.165, 1.54) is 12.8 Å². The third kappa shape index (κ3) is 2.05. The molecule has 1 aromatic heterocycles. The first-order valence-corrected chi connectivity index (χ1v) is 6.00. The molecular formula is C13H21N3. The van der Waals surface area contributed by atoms with E-state index in [-0.39, 0.29) is 11.6 Å². The summed E-state index contributed by atoms with van der Waals surface area (Å²) >= 11 is 0. The minimum atomic E-state index is 0.0764. The van der Waals surface area contributed by atoms with Gasteiger partial charge in [-0.1, -0.05) is 0 Å². The van der Waals surface area contributed by atoms with Gasteiger partial charge in [-0.25, -0.2) is 4.98 Å². The number of nitrogens with zero attached hydrogens (tertiary/aromatic N) is 2. The van der Waals surface area contributed by atoms with Crippen molar-refractivity contribution in [3.05, 3.63) is 23.9 Å². The zero-order chi connectivity index (χ0) is 11.8. The maximum Gasteiger partial charge on any atom is 0.129 e. The van der Waals surface area contributed by atoms with Crippen molar-refractivity contribution in [2.75, 3.05) is 11.4 Å². The molecule has 88 valence electrons. The van der Waals surface area contributed by atoms with Crippen LogP contribution in [0.1, 0.15) is 45.2 Å². The van der Waals surface area contributed by atoms with E-state index in [1.807, 2.05) is 19.2 Å². The van der Waals surface area contributed by atoms with Gasteiger partial charge in [0, 0.05) is 24.3 Å². The minimum absolute atomic E-state index is 0.0764. The van der Waals surface area contributed by atoms with Crippen LogP contribution in [0.2, 0.25) is 0 Å². The monoisotopic (exact) mass is 219 g/mol. The predicted molar refractivity (Wildman–Crippen MR) is 67.5 cm³/mol. The van der Waals surface area contributed by atoms with Crippen LogP contribution in [-0.2, 0) is 0 Å². The average molecular weight is 219 g/mol. The Morgan fingerprint density at radius 1 is 1.50 bits per heavy atom. The average Bonchev–Trinajstić information content (AvgIpc) is 2.58. The molecule has 1 aliphatic heterocycles. The molecular weight excluding hydrogens is 198 g/mol. The second-order valence-electron chi connectivity index (χ2n) is 5.30. The van der Waals surface area contributed by atoms with Crippen LogP contribution in [0.5, 0.6) is 0 Å². The highest BCUT2D eigenvalue weighted by atomic mass is 15.3. The van der Waals surface area contributed by atoms with Gasteiger partial charge in [0.15, 0.2) is 0 Å². The maximum atomic E-state index is 5.90. The van der Waals surface area contributed by atoms with Gasteiger partial charge in [-0.15, -0.1) is 0 Å². The van der Waals surface area contributed by atoms with E-state index in [1.54, 1.807) is 0 Å². The Morgan fingerprint density at radius 2 is 2.25 bits per heavy atom. The standard InChI is InChI=1S/C13H21N3/c1-10(14)11-5-7-15-12(9-11)16-8-4-6-13(16,2)3/h5,7,9-10H,4,6,8,14H2,1-3H3/t10-/m1/s1. The van der Waals surface area contributed by atoms with Crippen molar-refractivity contribution in [3.8, 4) is 0 Å². The zero-order valence-electron chi connectivity index (χ0n) is 10.4. The molecule has 3 nitrogen and oxygen atoms in total. The van der Waals surface area contributed by atoms with E-state index in [4.69, 9.17) is 5.73 Å². The lowest BCUT2D eigenvalue weighted by molar-refractivity contribution is 0.514. The summed E-state index contributed by atoms with van der Waals surface area (Å²) in [6.07, 6.45) is 4.34. The highest BCUT2D eigenvalue weighted by molar-refractivity contribution is 5.45. The molecule has 1 atom stereocenters. The molecule has 1 aromatic rings. The third-order valence-electron chi connectivity index (χ3n) is 3.47. The van der Waals surface area contributed by atoms with E-state index in [9.17, 15) is 0 Å². The second kappa shape index (κ2) is 4.06. The molecule has 16 heavy (non-hydrogen) atoms. The van der Waals surface area contributed by atoms with Crippen LogP contribution in [0.15, 0.2) is 18.3 Å².